The summed E-state index contributed by atoms with van der Waals surface area (Å²) in [5, 5.41) is 20.5. The standard InChI is InChI=1S/C41H26N2.C30H27BO2.C17H11BrN2/c1-2-15-32-30(13-1)31-14-3-4-16-33(31)37-26-28(23-24-34(32)37)27-11-9-12-29(25-27)38-19-10-22-41(42-38)43-39-20-7-5-17-35(39)36-18-6-8-21-40(36)43;1-29(2)30(3,4)33-31(32-29)22-11-9-10-20(18-22)21-16-17-27-25-14-6-5-12-23(25)24-13-7-8-15-26(24)28(27)19-21;18-16-10-5-11-17(19-16)20-14-8-3-1-6-12(14)13-7-2-4-9-15(13)20/h1-26H;5-19H,1-4H3;1-11H. The second-order valence-corrected chi connectivity index (χ2v) is 26.7. The Kier molecular flexibility index (Phi) is 14.6. The van der Waals surface area contributed by atoms with E-state index in [9.17, 15) is 0 Å². The number of fused-ring (bicyclic) bond motifs is 18. The predicted octanol–water partition coefficient (Wildman–Crippen LogP) is 23.0. The lowest BCUT2D eigenvalue weighted by Gasteiger charge is -2.32. The van der Waals surface area contributed by atoms with E-state index in [0.29, 0.717) is 0 Å². The number of para-hydroxylation sites is 4. The van der Waals surface area contributed by atoms with Crippen molar-refractivity contribution < 1.29 is 9.31 Å². The highest BCUT2D eigenvalue weighted by Crippen LogP contribution is 2.42. The molecule has 0 aliphatic carbocycles. The zero-order chi connectivity index (χ0) is 64.7. The molecule has 0 spiro atoms. The van der Waals surface area contributed by atoms with Gasteiger partial charge in [0.1, 0.15) is 16.2 Å². The Hall–Kier alpha value is -11.0. The van der Waals surface area contributed by atoms with Gasteiger partial charge in [-0.25, -0.2) is 9.97 Å². The minimum atomic E-state index is -0.361. The predicted molar refractivity (Wildman–Crippen MR) is 408 cm³/mol. The van der Waals surface area contributed by atoms with Crippen molar-refractivity contribution in [2.45, 2.75) is 38.9 Å². The van der Waals surface area contributed by atoms with Gasteiger partial charge in [-0.3, -0.25) is 9.13 Å². The summed E-state index contributed by atoms with van der Waals surface area (Å²) >= 11 is 3.45. The second kappa shape index (κ2) is 23.8. The Balaban J connectivity index is 0.000000116. The van der Waals surface area contributed by atoms with Crippen LogP contribution >= 0.6 is 15.9 Å². The zero-order valence-electron chi connectivity index (χ0n) is 53.6. The number of aromatic nitrogens is 4. The molecule has 0 bridgehead atoms. The fourth-order valence-corrected chi connectivity index (χ4v) is 14.8. The summed E-state index contributed by atoms with van der Waals surface area (Å²) in [6, 6.07) is 112. The SMILES string of the molecule is Brc1cccc(-n2c3ccccc3c3ccccc32)n1.CC1(C)OB(c2cccc(-c3ccc4c5ccccc5c5ccccc5c4c3)c2)OC1(C)C.c1cc(-c2ccc3c4ccccc4c4ccccc4c3c2)cc(-c2cccc(-n3c4ccccc4c4ccccc43)n2)c1. The number of pyridine rings is 2. The van der Waals surface area contributed by atoms with Crippen LogP contribution in [0, 0.1) is 0 Å². The molecule has 0 radical (unpaired) electrons. The van der Waals surface area contributed by atoms with E-state index in [1.165, 1.54) is 119 Å². The van der Waals surface area contributed by atoms with Gasteiger partial charge < -0.3 is 9.31 Å². The van der Waals surface area contributed by atoms with Crippen molar-refractivity contribution in [1.82, 2.24) is 19.1 Å². The van der Waals surface area contributed by atoms with Crippen LogP contribution in [0.3, 0.4) is 0 Å². The number of hydrogen-bond donors (Lipinski definition) is 0. The van der Waals surface area contributed by atoms with Crippen LogP contribution in [0.25, 0.3) is 153 Å². The molecule has 0 unspecified atom stereocenters. The molecule has 8 heteroatoms. The highest BCUT2D eigenvalue weighted by Gasteiger charge is 2.51. The minimum Gasteiger partial charge on any atom is -0.399 e. The van der Waals surface area contributed by atoms with Crippen molar-refractivity contribution >= 4 is 137 Å². The second-order valence-electron chi connectivity index (χ2n) is 25.9. The normalized spacial score (nSPS) is 13.5. The summed E-state index contributed by atoms with van der Waals surface area (Å²) in [7, 11) is -0.361. The molecule has 458 valence electrons. The first-order chi connectivity index (χ1) is 47.0. The van der Waals surface area contributed by atoms with Crippen molar-refractivity contribution in [3.05, 3.63) is 320 Å². The van der Waals surface area contributed by atoms with E-state index in [0.717, 1.165) is 44.0 Å². The first kappa shape index (κ1) is 58.8. The molecule has 1 aliphatic heterocycles. The Morgan fingerprint density at radius 2 is 0.583 bits per heavy atom. The summed E-state index contributed by atoms with van der Waals surface area (Å²) in [4.78, 5) is 9.80. The molecule has 18 aromatic rings. The van der Waals surface area contributed by atoms with Gasteiger partial charge in [0.15, 0.2) is 0 Å². The molecule has 0 saturated carbocycles. The van der Waals surface area contributed by atoms with Gasteiger partial charge in [-0.05, 0) is 203 Å². The molecule has 1 saturated heterocycles. The van der Waals surface area contributed by atoms with Crippen LogP contribution in [0.1, 0.15) is 27.7 Å². The van der Waals surface area contributed by atoms with Crippen molar-refractivity contribution in [2.75, 3.05) is 0 Å². The molecule has 1 fully saturated rings. The third-order valence-electron chi connectivity index (χ3n) is 19.8. The molecule has 5 heterocycles. The molecule has 14 aromatic carbocycles. The van der Waals surface area contributed by atoms with Crippen molar-refractivity contribution in [3.8, 4) is 45.1 Å². The van der Waals surface area contributed by atoms with Gasteiger partial charge in [-0.1, -0.05) is 249 Å². The summed E-state index contributed by atoms with van der Waals surface area (Å²) < 4.78 is 17.9. The molecule has 0 amide bonds. The maximum Gasteiger partial charge on any atom is 0.494 e. The molecule has 0 atom stereocenters. The fourth-order valence-electron chi connectivity index (χ4n) is 14.4. The van der Waals surface area contributed by atoms with E-state index in [-0.39, 0.29) is 18.3 Å². The minimum absolute atomic E-state index is 0.351. The lowest BCUT2D eigenvalue weighted by Crippen LogP contribution is -2.41. The fraction of sp³-hybridized carbons (Fsp3) is 0.0682. The van der Waals surface area contributed by atoms with Gasteiger partial charge in [0.2, 0.25) is 0 Å². The van der Waals surface area contributed by atoms with E-state index >= 15 is 0 Å². The maximum absolute atomic E-state index is 6.29. The van der Waals surface area contributed by atoms with Crippen LogP contribution in [0.15, 0.2) is 320 Å². The highest BCUT2D eigenvalue weighted by atomic mass is 79.9. The molecular formula is C88H64BBrN4O2. The van der Waals surface area contributed by atoms with Crippen LogP contribution in [0.5, 0.6) is 0 Å². The summed E-state index contributed by atoms with van der Waals surface area (Å²) in [6.45, 7) is 8.37. The molecule has 6 nitrogen and oxygen atoms in total. The lowest BCUT2D eigenvalue weighted by atomic mass is 9.78. The van der Waals surface area contributed by atoms with Crippen molar-refractivity contribution in [3.63, 3.8) is 0 Å². The van der Waals surface area contributed by atoms with Gasteiger partial charge >= 0.3 is 7.12 Å². The quantitative estimate of drug-likeness (QED) is 0.0946. The molecular weight excluding hydrogens is 1240 g/mol. The molecule has 96 heavy (non-hydrogen) atoms. The first-order valence-electron chi connectivity index (χ1n) is 32.8. The third-order valence-corrected chi connectivity index (χ3v) is 20.2. The molecule has 4 aromatic heterocycles. The van der Waals surface area contributed by atoms with Gasteiger partial charge in [0.05, 0.1) is 39.0 Å². The Morgan fingerprint density at radius 3 is 1.00 bits per heavy atom. The summed E-state index contributed by atoms with van der Waals surface area (Å²) in [6.07, 6.45) is 0. The molecule has 1 aliphatic rings. The first-order valence-corrected chi connectivity index (χ1v) is 33.6. The number of hydrogen-bond acceptors (Lipinski definition) is 4. The van der Waals surface area contributed by atoms with E-state index in [2.05, 4.69) is 355 Å². The van der Waals surface area contributed by atoms with Crippen LogP contribution in [-0.4, -0.2) is 37.4 Å². The zero-order valence-corrected chi connectivity index (χ0v) is 55.2. The largest absolute Gasteiger partial charge is 0.494 e. The van der Waals surface area contributed by atoms with Crippen LogP contribution in [0.2, 0.25) is 0 Å². The van der Waals surface area contributed by atoms with Gasteiger partial charge in [-0.15, -0.1) is 0 Å². The number of halogens is 1. The molecule has 0 N–H and O–H groups in total. The topological polar surface area (TPSA) is 54.1 Å². The Labute approximate surface area is 565 Å². The Bertz CT molecular complexity index is 5910. The van der Waals surface area contributed by atoms with E-state index in [1.54, 1.807) is 0 Å². The lowest BCUT2D eigenvalue weighted by molar-refractivity contribution is 0.00578. The van der Waals surface area contributed by atoms with Crippen molar-refractivity contribution in [1.29, 1.82) is 0 Å². The van der Waals surface area contributed by atoms with E-state index < -0.39 is 0 Å². The summed E-state index contributed by atoms with van der Waals surface area (Å²) in [5.74, 6) is 1.85. The Morgan fingerprint density at radius 1 is 0.271 bits per heavy atom. The van der Waals surface area contributed by atoms with Gasteiger partial charge in [0.25, 0.3) is 0 Å². The van der Waals surface area contributed by atoms with Gasteiger partial charge in [-0.2, -0.15) is 0 Å². The average molecular weight is 1300 g/mol. The van der Waals surface area contributed by atoms with E-state index in [1.807, 2.05) is 18.2 Å². The van der Waals surface area contributed by atoms with Crippen LogP contribution in [0.4, 0.5) is 0 Å². The monoisotopic (exact) mass is 1300 g/mol. The third kappa shape index (κ3) is 10.2. The number of rotatable bonds is 6. The molecule has 19 rings (SSSR count). The highest BCUT2D eigenvalue weighted by molar-refractivity contribution is 9.10. The summed E-state index contributed by atoms with van der Waals surface area (Å²) in [5.41, 5.74) is 11.8. The number of benzene rings is 14. The van der Waals surface area contributed by atoms with Crippen molar-refractivity contribution in [2.24, 2.45) is 0 Å². The average Bonchev–Trinajstić information content (AvgIpc) is 1.16. The van der Waals surface area contributed by atoms with E-state index in [4.69, 9.17) is 14.3 Å². The van der Waals surface area contributed by atoms with Gasteiger partial charge in [0, 0.05) is 27.1 Å². The maximum atomic E-state index is 6.29. The van der Waals surface area contributed by atoms with Crippen LogP contribution in [-0.2, 0) is 9.31 Å². The number of nitrogens with zero attached hydrogens (tertiary/aromatic N) is 4. The smallest absolute Gasteiger partial charge is 0.399 e. The van der Waals surface area contributed by atoms with Crippen LogP contribution < -0.4 is 5.46 Å².